The van der Waals surface area contributed by atoms with Gasteiger partial charge in [-0.05, 0) is 24.3 Å². The van der Waals surface area contributed by atoms with Crippen LogP contribution in [0.2, 0.25) is 9.36 Å². The molecule has 0 amide bonds. The van der Waals surface area contributed by atoms with Gasteiger partial charge in [-0.3, -0.25) is 0 Å². The van der Waals surface area contributed by atoms with E-state index < -0.39 is 12.0 Å². The summed E-state index contributed by atoms with van der Waals surface area (Å²) in [6.45, 7) is 0. The Labute approximate surface area is 117 Å². The highest BCUT2D eigenvalue weighted by Gasteiger charge is 2.23. The van der Waals surface area contributed by atoms with Crippen LogP contribution in [0.1, 0.15) is 11.0 Å². The summed E-state index contributed by atoms with van der Waals surface area (Å²) in [7, 11) is 0. The lowest BCUT2D eigenvalue weighted by molar-refractivity contribution is -0.138. The third-order valence-corrected chi connectivity index (χ3v) is 3.58. The largest absolute Gasteiger partial charge is 0.479 e. The van der Waals surface area contributed by atoms with Crippen molar-refractivity contribution < 1.29 is 9.90 Å². The van der Waals surface area contributed by atoms with Gasteiger partial charge >= 0.3 is 5.97 Å². The molecular weight excluding hydrogens is 295 g/mol. The molecule has 0 aliphatic carbocycles. The molecule has 0 aliphatic heterocycles. The van der Waals surface area contributed by atoms with Crippen LogP contribution in [0.3, 0.4) is 0 Å². The number of rotatable bonds is 4. The number of nitrogens with one attached hydrogen (secondary N) is 1. The molecule has 0 spiro atoms. The fourth-order valence-corrected chi connectivity index (χ4v) is 2.44. The molecule has 0 bridgehead atoms. The zero-order valence-corrected chi connectivity index (χ0v) is 11.3. The minimum absolute atomic E-state index is 0.405. The summed E-state index contributed by atoms with van der Waals surface area (Å²) < 4.78 is 0.453. The summed E-state index contributed by atoms with van der Waals surface area (Å²) in [5, 5.41) is 13.0. The van der Waals surface area contributed by atoms with E-state index in [9.17, 15) is 9.90 Å². The van der Waals surface area contributed by atoms with E-state index in [0.717, 1.165) is 11.3 Å². The van der Waals surface area contributed by atoms with Crippen molar-refractivity contribution in [2.24, 2.45) is 0 Å². The predicted octanol–water partition coefficient (Wildman–Crippen LogP) is 3.69. The second-order valence-corrected chi connectivity index (χ2v) is 5.56. The van der Waals surface area contributed by atoms with Gasteiger partial charge in [0.1, 0.15) is 9.34 Å². The number of benzene rings is 1. The fraction of sp³-hybridized carbons (Fsp3) is 0.0909. The smallest absolute Gasteiger partial charge is 0.333 e. The molecule has 1 aromatic carbocycles. The zero-order chi connectivity index (χ0) is 13.1. The molecule has 1 atom stereocenters. The normalized spacial score (nSPS) is 12.1. The maximum Gasteiger partial charge on any atom is 0.333 e. The third kappa shape index (κ3) is 3.13. The minimum atomic E-state index is -1.02. The zero-order valence-electron chi connectivity index (χ0n) is 8.93. The van der Waals surface area contributed by atoms with Gasteiger partial charge in [0.2, 0.25) is 0 Å². The highest BCUT2D eigenvalue weighted by Crippen LogP contribution is 2.27. The predicted molar refractivity (Wildman–Crippen MR) is 72.6 cm³/mol. The van der Waals surface area contributed by atoms with Gasteiger partial charge in [0.25, 0.3) is 0 Å². The van der Waals surface area contributed by atoms with Gasteiger partial charge in [-0.15, -0.1) is 11.3 Å². The van der Waals surface area contributed by atoms with Gasteiger partial charge in [0.15, 0.2) is 6.04 Å². The fourth-order valence-electron chi connectivity index (χ4n) is 1.34. The first-order chi connectivity index (χ1) is 8.56. The van der Waals surface area contributed by atoms with E-state index in [4.69, 9.17) is 23.2 Å². The molecule has 94 valence electrons. The summed E-state index contributed by atoms with van der Waals surface area (Å²) >= 11 is 12.6. The Bertz CT molecular complexity index is 556. The standard InChI is InChI=1S/C11H8Cl2N2O2S/c12-6-1-3-7(4-2-6)15-9(11(16)17)10-14-5-8(13)18-10/h1-5,9,15H,(H,16,17). The maximum absolute atomic E-state index is 11.2. The first kappa shape index (κ1) is 13.1. The third-order valence-electron chi connectivity index (χ3n) is 2.14. The molecule has 2 aromatic rings. The molecule has 0 radical (unpaired) electrons. The Morgan fingerprint density at radius 3 is 2.50 bits per heavy atom. The van der Waals surface area contributed by atoms with E-state index in [-0.39, 0.29) is 0 Å². The van der Waals surface area contributed by atoms with E-state index in [2.05, 4.69) is 10.3 Å². The number of aliphatic carboxylic acids is 1. The molecule has 1 heterocycles. The van der Waals surface area contributed by atoms with E-state index in [1.54, 1.807) is 24.3 Å². The number of thiazole rings is 1. The summed E-state index contributed by atoms with van der Waals surface area (Å²) in [6.07, 6.45) is 1.43. The summed E-state index contributed by atoms with van der Waals surface area (Å²) in [5.41, 5.74) is 0.651. The second-order valence-electron chi connectivity index (χ2n) is 3.43. The van der Waals surface area contributed by atoms with Gasteiger partial charge in [-0.25, -0.2) is 9.78 Å². The van der Waals surface area contributed by atoms with Gasteiger partial charge in [0.05, 0.1) is 6.20 Å². The topological polar surface area (TPSA) is 62.2 Å². The Morgan fingerprint density at radius 1 is 1.33 bits per heavy atom. The van der Waals surface area contributed by atoms with Crippen molar-refractivity contribution >= 4 is 46.2 Å². The summed E-state index contributed by atoms with van der Waals surface area (Å²) in [4.78, 5) is 15.2. The Morgan fingerprint density at radius 2 is 2.00 bits per heavy atom. The van der Waals surface area contributed by atoms with Crippen LogP contribution in [0.4, 0.5) is 5.69 Å². The van der Waals surface area contributed by atoms with E-state index in [1.807, 2.05) is 0 Å². The van der Waals surface area contributed by atoms with Gasteiger partial charge in [0, 0.05) is 10.7 Å². The van der Waals surface area contributed by atoms with Crippen LogP contribution in [0.5, 0.6) is 0 Å². The van der Waals surface area contributed by atoms with Crippen molar-refractivity contribution in [2.75, 3.05) is 5.32 Å². The molecule has 4 nitrogen and oxygen atoms in total. The number of anilines is 1. The van der Waals surface area contributed by atoms with Crippen LogP contribution in [0.25, 0.3) is 0 Å². The lowest BCUT2D eigenvalue weighted by Gasteiger charge is -2.13. The Hall–Kier alpha value is -1.30. The molecule has 0 saturated heterocycles. The van der Waals surface area contributed by atoms with E-state index in [0.29, 0.717) is 20.1 Å². The average molecular weight is 303 g/mol. The van der Waals surface area contributed by atoms with Gasteiger partial charge < -0.3 is 10.4 Å². The number of hydrogen-bond donors (Lipinski definition) is 2. The molecule has 1 unspecified atom stereocenters. The van der Waals surface area contributed by atoms with Crippen molar-refractivity contribution in [3.63, 3.8) is 0 Å². The summed E-state index contributed by atoms with van der Waals surface area (Å²) in [6, 6.07) is 5.83. The lowest BCUT2D eigenvalue weighted by atomic mass is 10.2. The highest BCUT2D eigenvalue weighted by molar-refractivity contribution is 7.16. The van der Waals surface area contributed by atoms with Crippen LogP contribution in [-0.4, -0.2) is 16.1 Å². The Kier molecular flexibility index (Phi) is 4.06. The van der Waals surface area contributed by atoms with Crippen LogP contribution in [0.15, 0.2) is 30.5 Å². The molecule has 7 heteroatoms. The quantitative estimate of drug-likeness (QED) is 0.904. The molecule has 0 fully saturated rings. The number of carbonyl (C=O) groups is 1. The van der Waals surface area contributed by atoms with Crippen molar-refractivity contribution in [3.8, 4) is 0 Å². The number of hydrogen-bond acceptors (Lipinski definition) is 4. The highest BCUT2D eigenvalue weighted by atomic mass is 35.5. The minimum Gasteiger partial charge on any atom is -0.479 e. The lowest BCUT2D eigenvalue weighted by Crippen LogP contribution is -2.20. The molecule has 2 rings (SSSR count). The van der Waals surface area contributed by atoms with Crippen molar-refractivity contribution in [1.82, 2.24) is 4.98 Å². The first-order valence-corrected chi connectivity index (χ1v) is 6.49. The van der Waals surface area contributed by atoms with E-state index >= 15 is 0 Å². The van der Waals surface area contributed by atoms with E-state index in [1.165, 1.54) is 6.20 Å². The number of carboxylic acid groups (broad SMARTS) is 1. The molecule has 0 saturated carbocycles. The second kappa shape index (κ2) is 5.56. The monoisotopic (exact) mass is 302 g/mol. The molecule has 2 N–H and O–H groups in total. The number of nitrogens with zero attached hydrogens (tertiary/aromatic N) is 1. The SMILES string of the molecule is O=C(O)C(Nc1ccc(Cl)cc1)c1ncc(Cl)s1. The Balaban J connectivity index is 2.22. The molecular formula is C11H8Cl2N2O2S. The van der Waals surface area contributed by atoms with Crippen LogP contribution in [-0.2, 0) is 4.79 Å². The number of carboxylic acids is 1. The van der Waals surface area contributed by atoms with Gasteiger partial charge in [-0.1, -0.05) is 23.2 Å². The molecule has 0 aliphatic rings. The average Bonchev–Trinajstić information content (AvgIpc) is 2.74. The molecule has 18 heavy (non-hydrogen) atoms. The van der Waals surface area contributed by atoms with Gasteiger partial charge in [-0.2, -0.15) is 0 Å². The van der Waals surface area contributed by atoms with Crippen LogP contribution >= 0.6 is 34.5 Å². The summed E-state index contributed by atoms with van der Waals surface area (Å²) in [5.74, 6) is -1.02. The maximum atomic E-state index is 11.2. The first-order valence-electron chi connectivity index (χ1n) is 4.92. The van der Waals surface area contributed by atoms with Crippen LogP contribution < -0.4 is 5.32 Å². The van der Waals surface area contributed by atoms with Crippen molar-refractivity contribution in [1.29, 1.82) is 0 Å². The van der Waals surface area contributed by atoms with Crippen molar-refractivity contribution in [2.45, 2.75) is 6.04 Å². The van der Waals surface area contributed by atoms with Crippen LogP contribution in [0, 0.1) is 0 Å². The molecule has 1 aromatic heterocycles. The number of aromatic nitrogens is 1. The number of halogens is 2. The van der Waals surface area contributed by atoms with Crippen molar-refractivity contribution in [3.05, 3.63) is 44.8 Å².